The highest BCUT2D eigenvalue weighted by Crippen LogP contribution is 2.29. The van der Waals surface area contributed by atoms with Gasteiger partial charge in [-0.2, -0.15) is 0 Å². The summed E-state index contributed by atoms with van der Waals surface area (Å²) in [5, 5.41) is 20.7. The lowest BCUT2D eigenvalue weighted by Crippen LogP contribution is -2.43. The Bertz CT molecular complexity index is 805. The highest BCUT2D eigenvalue weighted by molar-refractivity contribution is 5.89. The van der Waals surface area contributed by atoms with Gasteiger partial charge < -0.3 is 29.5 Å². The first-order chi connectivity index (χ1) is 15.4. The zero-order valence-electron chi connectivity index (χ0n) is 19.7. The summed E-state index contributed by atoms with van der Waals surface area (Å²) in [5.74, 6) is -2.15. The Morgan fingerprint density at radius 1 is 1.12 bits per heavy atom. The van der Waals surface area contributed by atoms with E-state index in [1.807, 2.05) is 13.8 Å². The van der Waals surface area contributed by atoms with E-state index in [0.29, 0.717) is 12.8 Å². The monoisotopic (exact) mass is 472 g/mol. The van der Waals surface area contributed by atoms with E-state index < -0.39 is 34.8 Å². The van der Waals surface area contributed by atoms with Crippen LogP contribution < -0.4 is 14.8 Å². The summed E-state index contributed by atoms with van der Waals surface area (Å²) < 4.78 is 15.8. The van der Waals surface area contributed by atoms with Gasteiger partial charge in [-0.3, -0.25) is 0 Å². The van der Waals surface area contributed by atoms with Crippen molar-refractivity contribution in [3.05, 3.63) is 33.9 Å². The molecule has 0 radical (unpaired) electrons. The van der Waals surface area contributed by atoms with Crippen molar-refractivity contribution in [2.75, 3.05) is 13.2 Å². The number of aromatic carboxylic acids is 1. The van der Waals surface area contributed by atoms with Crippen LogP contribution in [0.1, 0.15) is 64.7 Å². The van der Waals surface area contributed by atoms with Crippen LogP contribution in [0, 0.1) is 10.1 Å². The summed E-state index contributed by atoms with van der Waals surface area (Å²) in [6.07, 6.45) is -0.0665. The molecule has 0 saturated carbocycles. The maximum Gasteiger partial charge on any atom is 0.408 e. The number of rotatable bonds is 11. The molecule has 0 aliphatic rings. The summed E-state index contributed by atoms with van der Waals surface area (Å²) in [5.41, 5.74) is -0.891. The van der Waals surface area contributed by atoms with Crippen molar-refractivity contribution in [1.82, 2.24) is 5.32 Å². The van der Waals surface area contributed by atoms with E-state index in [2.05, 4.69) is 10.2 Å². The van der Waals surface area contributed by atoms with E-state index in [4.69, 9.17) is 19.3 Å². The average Bonchev–Trinajstić information content (AvgIpc) is 2.70. The number of esters is 1. The maximum atomic E-state index is 12.4. The number of unbranched alkanes of at least 4 members (excludes halogenated alkanes) is 1. The molecule has 1 aromatic rings. The summed E-state index contributed by atoms with van der Waals surface area (Å²) in [7, 11) is 0. The predicted octanol–water partition coefficient (Wildman–Crippen LogP) is 3.60. The van der Waals surface area contributed by atoms with Gasteiger partial charge in [-0.1, -0.05) is 13.8 Å². The molecule has 12 heteroatoms. The van der Waals surface area contributed by atoms with Crippen LogP contribution in [-0.2, 0) is 14.4 Å². The third-order valence-electron chi connectivity index (χ3n) is 3.48. The molecule has 1 aromatic carbocycles. The van der Waals surface area contributed by atoms with Crippen LogP contribution in [0.25, 0.3) is 0 Å². The lowest BCUT2D eigenvalue weighted by molar-refractivity contribution is -0.757. The first-order valence-corrected chi connectivity index (χ1v) is 10.4. The van der Waals surface area contributed by atoms with Crippen LogP contribution in [0.5, 0.6) is 11.5 Å². The lowest BCUT2D eigenvalue weighted by atomic mass is 10.2. The van der Waals surface area contributed by atoms with Gasteiger partial charge in [0.15, 0.2) is 11.5 Å². The van der Waals surface area contributed by atoms with E-state index >= 15 is 0 Å². The summed E-state index contributed by atoms with van der Waals surface area (Å²) in [6, 6.07) is 2.63. The Hall–Kier alpha value is -3.57. The molecule has 2 N–H and O–H groups in total. The normalized spacial score (nSPS) is 11.2. The molecule has 0 fully saturated rings. The van der Waals surface area contributed by atoms with Crippen LogP contribution in [0.3, 0.4) is 0 Å². The minimum Gasteiger partial charge on any atom is -0.490 e. The number of benzene rings is 1. The second kappa shape index (κ2) is 14.5. The molecule has 186 valence electrons. The fraction of sp³-hybridized carbons (Fsp3) is 0.571. The first kappa shape index (κ1) is 29.4. The van der Waals surface area contributed by atoms with Gasteiger partial charge in [-0.05, 0) is 58.7 Å². The Balaban J connectivity index is 0.00000497. The summed E-state index contributed by atoms with van der Waals surface area (Å²) >= 11 is 0. The van der Waals surface area contributed by atoms with E-state index in [1.165, 1.54) is 19.1 Å². The molecular formula is C21H32N2O10. The largest absolute Gasteiger partial charge is 0.490 e. The number of amides is 1. The number of hydrogen-bond donors (Lipinski definition) is 2. The minimum absolute atomic E-state index is 0.0932. The Morgan fingerprint density at radius 2 is 1.73 bits per heavy atom. The van der Waals surface area contributed by atoms with E-state index in [1.54, 1.807) is 20.8 Å². The highest BCUT2D eigenvalue weighted by atomic mass is 16.9. The van der Waals surface area contributed by atoms with Gasteiger partial charge in [-0.15, -0.1) is 10.1 Å². The smallest absolute Gasteiger partial charge is 0.408 e. The molecule has 12 nitrogen and oxygen atoms in total. The van der Waals surface area contributed by atoms with Crippen molar-refractivity contribution in [3.8, 4) is 11.5 Å². The number of carboxylic acids is 1. The lowest BCUT2D eigenvalue weighted by Gasteiger charge is -2.21. The minimum atomic E-state index is -1.24. The Kier molecular flexibility index (Phi) is 12.9. The molecule has 0 saturated heterocycles. The van der Waals surface area contributed by atoms with Crippen LogP contribution in [0.2, 0.25) is 0 Å². The number of nitrogens with zero attached hydrogens (tertiary/aromatic N) is 1. The molecule has 0 bridgehead atoms. The standard InChI is InChI=1S/C19H26N2O10.C2H6/c1-12(20-18(25)31-19(2,3)4)17(24)30-15-11-13(16(22)23)7-8-14(15)28-9-5-6-10-29-21(26)27;1-2/h7-8,11-12H,5-6,9-10H2,1-4H3,(H,20,25)(H,22,23);1-2H3. The van der Waals surface area contributed by atoms with Crippen molar-refractivity contribution in [3.63, 3.8) is 0 Å². The second-order valence-corrected chi connectivity index (χ2v) is 7.37. The molecule has 0 heterocycles. The van der Waals surface area contributed by atoms with Crippen LogP contribution in [-0.4, -0.2) is 53.1 Å². The van der Waals surface area contributed by atoms with Gasteiger partial charge >= 0.3 is 18.0 Å². The Labute approximate surface area is 192 Å². The topological polar surface area (TPSA) is 164 Å². The van der Waals surface area contributed by atoms with Gasteiger partial charge in [0.05, 0.1) is 18.8 Å². The van der Waals surface area contributed by atoms with Gasteiger partial charge in [0.25, 0.3) is 5.09 Å². The van der Waals surface area contributed by atoms with Gasteiger partial charge in [0.1, 0.15) is 11.6 Å². The third kappa shape index (κ3) is 12.8. The zero-order valence-corrected chi connectivity index (χ0v) is 19.7. The van der Waals surface area contributed by atoms with Gasteiger partial charge in [0.2, 0.25) is 0 Å². The summed E-state index contributed by atoms with van der Waals surface area (Å²) in [6.45, 7) is 10.4. The van der Waals surface area contributed by atoms with Crippen LogP contribution in [0.15, 0.2) is 18.2 Å². The fourth-order valence-electron chi connectivity index (χ4n) is 2.11. The SMILES string of the molecule is CC.CC(NC(=O)OC(C)(C)C)C(=O)Oc1cc(C(=O)O)ccc1OCCCCO[N+](=O)[O-]. The number of nitrogens with one attached hydrogen (secondary N) is 1. The quantitative estimate of drug-likeness (QED) is 0.160. The van der Waals surface area contributed by atoms with Gasteiger partial charge in [-0.25, -0.2) is 14.4 Å². The van der Waals surface area contributed by atoms with Crippen molar-refractivity contribution in [2.24, 2.45) is 0 Å². The van der Waals surface area contributed by atoms with Crippen molar-refractivity contribution < 1.29 is 43.6 Å². The average molecular weight is 472 g/mol. The highest BCUT2D eigenvalue weighted by Gasteiger charge is 2.23. The molecule has 0 aromatic heterocycles. The van der Waals surface area contributed by atoms with Crippen LogP contribution in [0.4, 0.5) is 4.79 Å². The number of carbonyl (C=O) groups excluding carboxylic acids is 2. The molecule has 0 spiro atoms. The van der Waals surface area contributed by atoms with Gasteiger partial charge in [0, 0.05) is 0 Å². The van der Waals surface area contributed by atoms with Crippen LogP contribution >= 0.6 is 0 Å². The number of carboxylic acid groups (broad SMARTS) is 1. The van der Waals surface area contributed by atoms with E-state index in [-0.39, 0.29) is 30.3 Å². The summed E-state index contributed by atoms with van der Waals surface area (Å²) in [4.78, 5) is 49.7. The van der Waals surface area contributed by atoms with Crippen molar-refractivity contribution in [2.45, 2.75) is 66.0 Å². The van der Waals surface area contributed by atoms with E-state index in [0.717, 1.165) is 6.07 Å². The maximum absolute atomic E-state index is 12.4. The zero-order chi connectivity index (χ0) is 25.6. The van der Waals surface area contributed by atoms with Crippen molar-refractivity contribution >= 4 is 18.0 Å². The molecule has 1 atom stereocenters. The molecule has 0 aliphatic carbocycles. The number of alkyl carbamates (subject to hydrolysis) is 1. The predicted molar refractivity (Wildman–Crippen MR) is 117 cm³/mol. The van der Waals surface area contributed by atoms with E-state index in [9.17, 15) is 24.5 Å². The Morgan fingerprint density at radius 3 is 2.27 bits per heavy atom. The number of ether oxygens (including phenoxy) is 3. The van der Waals surface area contributed by atoms with Crippen molar-refractivity contribution in [1.29, 1.82) is 0 Å². The number of hydrogen-bond acceptors (Lipinski definition) is 9. The third-order valence-corrected chi connectivity index (χ3v) is 3.48. The molecular weight excluding hydrogens is 440 g/mol. The molecule has 1 rings (SSSR count). The molecule has 33 heavy (non-hydrogen) atoms. The first-order valence-electron chi connectivity index (χ1n) is 10.4. The number of carbonyl (C=O) groups is 3. The molecule has 1 unspecified atom stereocenters. The second-order valence-electron chi connectivity index (χ2n) is 7.37. The molecule has 0 aliphatic heterocycles. The fourth-order valence-corrected chi connectivity index (χ4v) is 2.11. The molecule has 1 amide bonds.